The maximum absolute atomic E-state index is 12.6. The van der Waals surface area contributed by atoms with Gasteiger partial charge in [0.05, 0.1) is 15.5 Å². The Morgan fingerprint density at radius 3 is 1.91 bits per heavy atom. The van der Waals surface area contributed by atoms with Gasteiger partial charge in [0.25, 0.3) is 0 Å². The molecule has 4 nitrogen and oxygen atoms in total. The molecular formula is C18H15NO3S. The molecule has 3 aromatic rings. The van der Waals surface area contributed by atoms with Gasteiger partial charge in [-0.25, -0.2) is 8.42 Å². The minimum atomic E-state index is -3.64. The summed E-state index contributed by atoms with van der Waals surface area (Å²) in [6.45, 7) is 0. The van der Waals surface area contributed by atoms with E-state index in [1.165, 1.54) is 18.2 Å². The monoisotopic (exact) mass is 325 g/mol. The highest BCUT2D eigenvalue weighted by Gasteiger charge is 2.19. The van der Waals surface area contributed by atoms with Crippen molar-refractivity contribution in [3.63, 3.8) is 0 Å². The number of sulfone groups is 1. The van der Waals surface area contributed by atoms with Gasteiger partial charge in [-0.05, 0) is 48.5 Å². The number of nitrogens with two attached hydrogens (primary N) is 1. The SMILES string of the molecule is Nc1ccccc1S(=O)(=O)c1ccc(Oc2ccccc2)cc1. The van der Waals surface area contributed by atoms with Gasteiger partial charge in [0.2, 0.25) is 9.84 Å². The lowest BCUT2D eigenvalue weighted by Gasteiger charge is -2.09. The highest BCUT2D eigenvalue weighted by Crippen LogP contribution is 2.28. The van der Waals surface area contributed by atoms with Gasteiger partial charge in [-0.1, -0.05) is 30.3 Å². The molecule has 0 bridgehead atoms. The quantitative estimate of drug-likeness (QED) is 0.739. The van der Waals surface area contributed by atoms with Crippen molar-refractivity contribution in [1.29, 1.82) is 0 Å². The Labute approximate surface area is 135 Å². The third-order valence-electron chi connectivity index (χ3n) is 3.32. The summed E-state index contributed by atoms with van der Waals surface area (Å²) in [5.74, 6) is 1.26. The zero-order chi connectivity index (χ0) is 16.3. The molecule has 3 aromatic carbocycles. The topological polar surface area (TPSA) is 69.4 Å². The second-order valence-electron chi connectivity index (χ2n) is 4.93. The van der Waals surface area contributed by atoms with Gasteiger partial charge >= 0.3 is 0 Å². The number of rotatable bonds is 4. The summed E-state index contributed by atoms with van der Waals surface area (Å²) in [6.07, 6.45) is 0. The Hall–Kier alpha value is -2.79. The molecular weight excluding hydrogens is 310 g/mol. The van der Waals surface area contributed by atoms with Crippen molar-refractivity contribution in [2.45, 2.75) is 9.79 Å². The molecule has 0 heterocycles. The van der Waals surface area contributed by atoms with Crippen LogP contribution in [-0.2, 0) is 9.84 Å². The van der Waals surface area contributed by atoms with Crippen LogP contribution in [0.3, 0.4) is 0 Å². The second-order valence-corrected chi connectivity index (χ2v) is 6.85. The Bertz CT molecular complexity index is 905. The van der Waals surface area contributed by atoms with E-state index in [4.69, 9.17) is 10.5 Å². The highest BCUT2D eigenvalue weighted by atomic mass is 32.2. The van der Waals surface area contributed by atoms with Gasteiger partial charge < -0.3 is 10.5 Å². The van der Waals surface area contributed by atoms with Crippen LogP contribution in [0.5, 0.6) is 11.5 Å². The van der Waals surface area contributed by atoms with Crippen LogP contribution in [0.15, 0.2) is 88.7 Å². The smallest absolute Gasteiger partial charge is 0.208 e. The van der Waals surface area contributed by atoms with E-state index in [1.807, 2.05) is 30.3 Å². The molecule has 0 radical (unpaired) electrons. The molecule has 23 heavy (non-hydrogen) atoms. The van der Waals surface area contributed by atoms with Crippen LogP contribution >= 0.6 is 0 Å². The molecule has 0 aliphatic heterocycles. The van der Waals surface area contributed by atoms with Gasteiger partial charge in [0, 0.05) is 0 Å². The van der Waals surface area contributed by atoms with Crippen LogP contribution in [0.25, 0.3) is 0 Å². The molecule has 2 N–H and O–H groups in total. The van der Waals surface area contributed by atoms with E-state index in [0.29, 0.717) is 11.5 Å². The predicted molar refractivity (Wildman–Crippen MR) is 89.3 cm³/mol. The van der Waals surface area contributed by atoms with Crippen molar-refractivity contribution in [1.82, 2.24) is 0 Å². The van der Waals surface area contributed by atoms with Crippen LogP contribution in [0.1, 0.15) is 0 Å². The van der Waals surface area contributed by atoms with Crippen LogP contribution in [0.2, 0.25) is 0 Å². The standard InChI is InChI=1S/C18H15NO3S/c19-17-8-4-5-9-18(17)23(20,21)16-12-10-15(11-13-16)22-14-6-2-1-3-7-14/h1-13H,19H2. The van der Waals surface area contributed by atoms with Gasteiger partial charge in [-0.3, -0.25) is 0 Å². The zero-order valence-electron chi connectivity index (χ0n) is 12.2. The molecule has 0 aromatic heterocycles. The highest BCUT2D eigenvalue weighted by molar-refractivity contribution is 7.91. The number of hydrogen-bond donors (Lipinski definition) is 1. The zero-order valence-corrected chi connectivity index (χ0v) is 13.0. The Balaban J connectivity index is 1.89. The average Bonchev–Trinajstić information content (AvgIpc) is 2.56. The first-order chi connectivity index (χ1) is 11.1. The molecule has 0 spiro atoms. The molecule has 0 amide bonds. The van der Waals surface area contributed by atoms with Crippen molar-refractivity contribution in [2.75, 3.05) is 5.73 Å². The van der Waals surface area contributed by atoms with Gasteiger partial charge in [0.15, 0.2) is 0 Å². The first-order valence-electron chi connectivity index (χ1n) is 7.00. The number of para-hydroxylation sites is 2. The summed E-state index contributed by atoms with van der Waals surface area (Å²) in [7, 11) is -3.64. The Morgan fingerprint density at radius 2 is 1.26 bits per heavy atom. The van der Waals surface area contributed by atoms with E-state index < -0.39 is 9.84 Å². The molecule has 0 unspecified atom stereocenters. The summed E-state index contributed by atoms with van der Waals surface area (Å²) in [6, 6.07) is 22.0. The minimum absolute atomic E-state index is 0.108. The average molecular weight is 325 g/mol. The summed E-state index contributed by atoms with van der Waals surface area (Å²) in [5.41, 5.74) is 6.01. The van der Waals surface area contributed by atoms with Crippen LogP contribution < -0.4 is 10.5 Å². The fraction of sp³-hybridized carbons (Fsp3) is 0. The lowest BCUT2D eigenvalue weighted by atomic mass is 10.3. The van der Waals surface area contributed by atoms with Crippen LogP contribution in [-0.4, -0.2) is 8.42 Å². The molecule has 0 fully saturated rings. The molecule has 116 valence electrons. The van der Waals surface area contributed by atoms with Crippen molar-refractivity contribution in [3.8, 4) is 11.5 Å². The molecule has 0 aliphatic rings. The van der Waals surface area contributed by atoms with Crippen molar-refractivity contribution < 1.29 is 13.2 Å². The van der Waals surface area contributed by atoms with E-state index in [1.54, 1.807) is 30.3 Å². The Kier molecular flexibility index (Phi) is 4.04. The minimum Gasteiger partial charge on any atom is -0.457 e. The number of anilines is 1. The summed E-state index contributed by atoms with van der Waals surface area (Å²) < 4.78 is 30.9. The van der Waals surface area contributed by atoms with Crippen molar-refractivity contribution in [2.24, 2.45) is 0 Å². The molecule has 3 rings (SSSR count). The summed E-state index contributed by atoms with van der Waals surface area (Å²) in [5, 5.41) is 0. The van der Waals surface area contributed by atoms with E-state index in [2.05, 4.69) is 0 Å². The number of benzene rings is 3. The van der Waals surface area contributed by atoms with E-state index in [0.717, 1.165) is 0 Å². The van der Waals surface area contributed by atoms with Gasteiger partial charge in [0.1, 0.15) is 11.5 Å². The number of ether oxygens (including phenoxy) is 1. The maximum Gasteiger partial charge on any atom is 0.208 e. The first-order valence-corrected chi connectivity index (χ1v) is 8.48. The predicted octanol–water partition coefficient (Wildman–Crippen LogP) is 3.89. The molecule has 0 aliphatic carbocycles. The Morgan fingerprint density at radius 1 is 0.696 bits per heavy atom. The molecule has 0 saturated heterocycles. The largest absolute Gasteiger partial charge is 0.457 e. The summed E-state index contributed by atoms with van der Waals surface area (Å²) >= 11 is 0. The van der Waals surface area contributed by atoms with Crippen LogP contribution in [0.4, 0.5) is 5.69 Å². The second kappa shape index (κ2) is 6.14. The first kappa shape index (κ1) is 15.1. The fourth-order valence-electron chi connectivity index (χ4n) is 2.16. The normalized spacial score (nSPS) is 11.1. The van der Waals surface area contributed by atoms with Gasteiger partial charge in [-0.15, -0.1) is 0 Å². The number of hydrogen-bond acceptors (Lipinski definition) is 4. The fourth-order valence-corrected chi connectivity index (χ4v) is 3.55. The van der Waals surface area contributed by atoms with Crippen molar-refractivity contribution in [3.05, 3.63) is 78.9 Å². The molecule has 5 heteroatoms. The van der Waals surface area contributed by atoms with E-state index in [9.17, 15) is 8.42 Å². The lowest BCUT2D eigenvalue weighted by Crippen LogP contribution is -2.05. The maximum atomic E-state index is 12.6. The van der Waals surface area contributed by atoms with E-state index >= 15 is 0 Å². The lowest BCUT2D eigenvalue weighted by molar-refractivity contribution is 0.482. The van der Waals surface area contributed by atoms with Crippen LogP contribution in [0, 0.1) is 0 Å². The third-order valence-corrected chi connectivity index (χ3v) is 5.17. The van der Waals surface area contributed by atoms with Gasteiger partial charge in [-0.2, -0.15) is 0 Å². The summed E-state index contributed by atoms with van der Waals surface area (Å²) in [4.78, 5) is 0.285. The van der Waals surface area contributed by atoms with E-state index in [-0.39, 0.29) is 15.5 Å². The molecule has 0 saturated carbocycles. The van der Waals surface area contributed by atoms with Crippen molar-refractivity contribution >= 4 is 15.5 Å². The number of nitrogen functional groups attached to an aromatic ring is 1. The third kappa shape index (κ3) is 3.19. The molecule has 0 atom stereocenters.